The topological polar surface area (TPSA) is 29.3 Å². The lowest BCUT2D eigenvalue weighted by molar-refractivity contribution is 0.327. The van der Waals surface area contributed by atoms with Gasteiger partial charge >= 0.3 is 0 Å². The summed E-state index contributed by atoms with van der Waals surface area (Å²) in [5.41, 5.74) is 10.0. The van der Waals surface area contributed by atoms with E-state index in [0.717, 1.165) is 13.1 Å². The van der Waals surface area contributed by atoms with Crippen LogP contribution >= 0.6 is 0 Å². The predicted molar refractivity (Wildman–Crippen MR) is 83.4 cm³/mol. The average molecular weight is 266 g/mol. The van der Waals surface area contributed by atoms with Crippen molar-refractivity contribution in [3.8, 4) is 0 Å². The molecule has 0 bridgehead atoms. The summed E-state index contributed by atoms with van der Waals surface area (Å²) >= 11 is 0. The fourth-order valence-corrected chi connectivity index (χ4v) is 3.19. The summed E-state index contributed by atoms with van der Waals surface area (Å²) in [5.74, 6) is 0.637. The van der Waals surface area contributed by atoms with E-state index in [2.05, 4.69) is 59.5 Å². The molecule has 1 fully saturated rings. The van der Waals surface area contributed by atoms with Crippen LogP contribution < -0.4 is 5.73 Å². The number of nitrogens with zero attached hydrogens (tertiary/aromatic N) is 1. The first-order chi connectivity index (χ1) is 9.86. The van der Waals surface area contributed by atoms with Gasteiger partial charge in [-0.25, -0.2) is 0 Å². The molecule has 1 atom stereocenters. The molecule has 1 saturated heterocycles. The molecule has 0 aliphatic carbocycles. The Morgan fingerprint density at radius 1 is 1.00 bits per heavy atom. The summed E-state index contributed by atoms with van der Waals surface area (Å²) in [6, 6.07) is 19.4. The van der Waals surface area contributed by atoms with Crippen LogP contribution in [0.1, 0.15) is 29.0 Å². The molecule has 0 spiro atoms. The minimum atomic E-state index is 0.637. The molecule has 2 aromatic carbocycles. The molecule has 1 unspecified atom stereocenters. The zero-order valence-electron chi connectivity index (χ0n) is 11.8. The van der Waals surface area contributed by atoms with Gasteiger partial charge < -0.3 is 5.73 Å². The quantitative estimate of drug-likeness (QED) is 0.921. The van der Waals surface area contributed by atoms with E-state index in [9.17, 15) is 0 Å². The predicted octanol–water partition coefficient (Wildman–Crippen LogP) is 3.13. The largest absolute Gasteiger partial charge is 0.326 e. The van der Waals surface area contributed by atoms with Crippen LogP contribution in [0.2, 0.25) is 0 Å². The number of nitrogens with two attached hydrogens (primary N) is 1. The number of benzene rings is 2. The van der Waals surface area contributed by atoms with Crippen molar-refractivity contribution in [3.05, 3.63) is 71.3 Å². The maximum atomic E-state index is 5.86. The Morgan fingerprint density at radius 3 is 2.55 bits per heavy atom. The van der Waals surface area contributed by atoms with Crippen molar-refractivity contribution in [2.75, 3.05) is 13.1 Å². The highest BCUT2D eigenvalue weighted by Crippen LogP contribution is 2.30. The van der Waals surface area contributed by atoms with Crippen LogP contribution in [-0.4, -0.2) is 18.0 Å². The first-order valence-electron chi connectivity index (χ1n) is 7.41. The molecule has 2 heteroatoms. The molecule has 20 heavy (non-hydrogen) atoms. The molecule has 2 nitrogen and oxygen atoms in total. The normalized spacial score (nSPS) is 19.4. The van der Waals surface area contributed by atoms with E-state index in [1.54, 1.807) is 0 Å². The van der Waals surface area contributed by atoms with Crippen LogP contribution in [0.25, 0.3) is 0 Å². The van der Waals surface area contributed by atoms with E-state index < -0.39 is 0 Å². The smallest absolute Gasteiger partial charge is 0.0233 e. The van der Waals surface area contributed by atoms with Crippen molar-refractivity contribution < 1.29 is 0 Å². The zero-order valence-corrected chi connectivity index (χ0v) is 11.8. The first-order valence-corrected chi connectivity index (χ1v) is 7.41. The number of likely N-dealkylation sites (tertiary alicyclic amines) is 1. The third-order valence-corrected chi connectivity index (χ3v) is 4.24. The molecule has 2 aromatic rings. The minimum absolute atomic E-state index is 0.637. The second-order valence-electron chi connectivity index (χ2n) is 5.61. The van der Waals surface area contributed by atoms with Gasteiger partial charge in [-0.2, -0.15) is 0 Å². The third-order valence-electron chi connectivity index (χ3n) is 4.24. The highest BCUT2D eigenvalue weighted by molar-refractivity contribution is 5.31. The van der Waals surface area contributed by atoms with Crippen LogP contribution in [0.3, 0.4) is 0 Å². The Kier molecular flexibility index (Phi) is 4.14. The van der Waals surface area contributed by atoms with Gasteiger partial charge in [0.25, 0.3) is 0 Å². The van der Waals surface area contributed by atoms with E-state index in [4.69, 9.17) is 5.73 Å². The number of hydrogen-bond acceptors (Lipinski definition) is 2. The van der Waals surface area contributed by atoms with Gasteiger partial charge in [0.15, 0.2) is 0 Å². The van der Waals surface area contributed by atoms with Crippen LogP contribution in [0.15, 0.2) is 54.6 Å². The molecule has 0 radical (unpaired) electrons. The monoisotopic (exact) mass is 266 g/mol. The molecule has 3 rings (SSSR count). The molecule has 1 aliphatic heterocycles. The Bertz CT molecular complexity index is 550. The van der Waals surface area contributed by atoms with Gasteiger partial charge in [0.05, 0.1) is 0 Å². The SMILES string of the molecule is NCc1ccccc1C1CCN(Cc2ccccc2)C1. The van der Waals surface area contributed by atoms with Crippen molar-refractivity contribution in [3.63, 3.8) is 0 Å². The maximum Gasteiger partial charge on any atom is 0.0233 e. The second-order valence-corrected chi connectivity index (χ2v) is 5.61. The van der Waals surface area contributed by atoms with E-state index >= 15 is 0 Å². The summed E-state index contributed by atoms with van der Waals surface area (Å²) in [7, 11) is 0. The van der Waals surface area contributed by atoms with Crippen LogP contribution in [0.4, 0.5) is 0 Å². The first kappa shape index (κ1) is 13.3. The van der Waals surface area contributed by atoms with Crippen LogP contribution in [0.5, 0.6) is 0 Å². The Morgan fingerprint density at radius 2 is 1.75 bits per heavy atom. The summed E-state index contributed by atoms with van der Waals surface area (Å²) < 4.78 is 0. The lowest BCUT2D eigenvalue weighted by Crippen LogP contribution is -2.20. The highest BCUT2D eigenvalue weighted by atomic mass is 15.1. The molecular formula is C18H22N2. The fourth-order valence-electron chi connectivity index (χ4n) is 3.19. The van der Waals surface area contributed by atoms with Crippen molar-refractivity contribution in [2.24, 2.45) is 5.73 Å². The lowest BCUT2D eigenvalue weighted by atomic mass is 9.93. The molecule has 0 aromatic heterocycles. The molecule has 1 heterocycles. The molecule has 0 saturated carbocycles. The highest BCUT2D eigenvalue weighted by Gasteiger charge is 2.24. The van der Waals surface area contributed by atoms with Gasteiger partial charge in [0.2, 0.25) is 0 Å². The van der Waals surface area contributed by atoms with E-state index in [1.807, 2.05) is 0 Å². The average Bonchev–Trinajstić information content (AvgIpc) is 2.96. The molecule has 0 amide bonds. The van der Waals surface area contributed by atoms with Gasteiger partial charge in [-0.05, 0) is 35.6 Å². The summed E-state index contributed by atoms with van der Waals surface area (Å²) in [6.07, 6.45) is 1.24. The number of rotatable bonds is 4. The minimum Gasteiger partial charge on any atom is -0.326 e. The Labute approximate surface area is 121 Å². The third kappa shape index (κ3) is 2.92. The van der Waals surface area contributed by atoms with E-state index in [1.165, 1.54) is 29.7 Å². The summed E-state index contributed by atoms with van der Waals surface area (Å²) in [5, 5.41) is 0. The Balaban J connectivity index is 1.67. The van der Waals surface area contributed by atoms with Gasteiger partial charge in [-0.3, -0.25) is 4.90 Å². The van der Waals surface area contributed by atoms with Crippen molar-refractivity contribution in [1.82, 2.24) is 4.90 Å². The molecular weight excluding hydrogens is 244 g/mol. The lowest BCUT2D eigenvalue weighted by Gasteiger charge is -2.17. The van der Waals surface area contributed by atoms with Crippen LogP contribution in [-0.2, 0) is 13.1 Å². The zero-order chi connectivity index (χ0) is 13.8. The summed E-state index contributed by atoms with van der Waals surface area (Å²) in [4.78, 5) is 2.55. The second kappa shape index (κ2) is 6.21. The molecule has 2 N–H and O–H groups in total. The molecule has 1 aliphatic rings. The van der Waals surface area contributed by atoms with E-state index in [0.29, 0.717) is 12.5 Å². The van der Waals surface area contributed by atoms with Gasteiger partial charge in [-0.15, -0.1) is 0 Å². The van der Waals surface area contributed by atoms with Gasteiger partial charge in [0, 0.05) is 19.6 Å². The Hall–Kier alpha value is -1.64. The van der Waals surface area contributed by atoms with Gasteiger partial charge in [0.1, 0.15) is 0 Å². The van der Waals surface area contributed by atoms with E-state index in [-0.39, 0.29) is 0 Å². The maximum absolute atomic E-state index is 5.86. The fraction of sp³-hybridized carbons (Fsp3) is 0.333. The standard InChI is InChI=1S/C18H22N2/c19-12-16-8-4-5-9-18(16)17-10-11-20(14-17)13-15-6-2-1-3-7-15/h1-9,17H,10-14,19H2. The van der Waals surface area contributed by atoms with Crippen molar-refractivity contribution in [1.29, 1.82) is 0 Å². The summed E-state index contributed by atoms with van der Waals surface area (Å²) in [6.45, 7) is 4.03. The van der Waals surface area contributed by atoms with Crippen molar-refractivity contribution >= 4 is 0 Å². The van der Waals surface area contributed by atoms with Crippen LogP contribution in [0, 0.1) is 0 Å². The number of hydrogen-bond donors (Lipinski definition) is 1. The molecule has 104 valence electrons. The van der Waals surface area contributed by atoms with Gasteiger partial charge in [-0.1, -0.05) is 54.6 Å². The van der Waals surface area contributed by atoms with Crippen molar-refractivity contribution in [2.45, 2.75) is 25.4 Å².